The molecule has 5 heteroatoms. The van der Waals surface area contributed by atoms with Gasteiger partial charge < -0.3 is 10.5 Å². The van der Waals surface area contributed by atoms with Gasteiger partial charge in [0, 0.05) is 6.42 Å². The molecule has 1 heterocycles. The van der Waals surface area contributed by atoms with E-state index in [4.69, 9.17) is 27.8 Å². The van der Waals surface area contributed by atoms with Crippen LogP contribution in [0.15, 0.2) is 71.8 Å². The normalized spacial score (nSPS) is 16.6. The largest absolute Gasteiger partial charge is 0.497 e. The van der Waals surface area contributed by atoms with Crippen LogP contribution in [0.5, 0.6) is 5.75 Å². The van der Waals surface area contributed by atoms with Crippen LogP contribution in [0.1, 0.15) is 23.6 Å². The van der Waals surface area contributed by atoms with Gasteiger partial charge in [0.1, 0.15) is 5.75 Å². The Labute approximate surface area is 157 Å². The monoisotopic (exact) mass is 361 g/mol. The Morgan fingerprint density at radius 1 is 1.08 bits per heavy atom. The Kier molecular flexibility index (Phi) is 4.31. The van der Waals surface area contributed by atoms with Gasteiger partial charge in [0.25, 0.3) is 0 Å². The zero-order chi connectivity index (χ0) is 18.1. The van der Waals surface area contributed by atoms with Crippen LogP contribution in [0, 0.1) is 0 Å². The number of hydrogen-bond acceptors (Lipinski definition) is 3. The summed E-state index contributed by atoms with van der Waals surface area (Å²) in [6, 6.07) is 22.7. The summed E-state index contributed by atoms with van der Waals surface area (Å²) >= 11 is 5.22. The van der Waals surface area contributed by atoms with Crippen molar-refractivity contribution < 1.29 is 4.74 Å². The number of rotatable bonds is 3. The molecule has 0 unspecified atom stereocenters. The molecule has 0 spiro atoms. The van der Waals surface area contributed by atoms with Crippen molar-refractivity contribution in [2.75, 3.05) is 7.11 Å². The standard InChI is InChI=1S/C21H19N3OS/c1-25-18-10-9-15-11-17(8-7-16(15)12-18)19-13-20(24(23-19)21(22)26)14-5-3-2-4-6-14/h2-12,20H,13H2,1H3,(H2,22,26)/t20-/m1/s1. The molecule has 3 aromatic carbocycles. The molecule has 0 aromatic heterocycles. The van der Waals surface area contributed by atoms with Crippen LogP contribution in [0.4, 0.5) is 0 Å². The lowest BCUT2D eigenvalue weighted by atomic mass is 9.97. The first-order valence-electron chi connectivity index (χ1n) is 8.45. The van der Waals surface area contributed by atoms with Gasteiger partial charge in [0.2, 0.25) is 0 Å². The van der Waals surface area contributed by atoms with Crippen molar-refractivity contribution in [1.29, 1.82) is 0 Å². The maximum atomic E-state index is 5.92. The van der Waals surface area contributed by atoms with Gasteiger partial charge in [0.15, 0.2) is 5.11 Å². The van der Waals surface area contributed by atoms with E-state index < -0.39 is 0 Å². The molecule has 4 rings (SSSR count). The highest BCUT2D eigenvalue weighted by molar-refractivity contribution is 7.80. The maximum Gasteiger partial charge on any atom is 0.187 e. The molecule has 130 valence electrons. The van der Waals surface area contributed by atoms with Crippen LogP contribution >= 0.6 is 12.2 Å². The number of nitrogens with two attached hydrogens (primary N) is 1. The molecule has 1 atom stereocenters. The van der Waals surface area contributed by atoms with E-state index >= 15 is 0 Å². The Morgan fingerprint density at radius 2 is 1.81 bits per heavy atom. The topological polar surface area (TPSA) is 50.8 Å². The summed E-state index contributed by atoms with van der Waals surface area (Å²) < 4.78 is 5.30. The summed E-state index contributed by atoms with van der Waals surface area (Å²) in [6.45, 7) is 0. The van der Waals surface area contributed by atoms with Crippen molar-refractivity contribution >= 4 is 33.8 Å². The van der Waals surface area contributed by atoms with E-state index in [1.54, 1.807) is 12.1 Å². The third kappa shape index (κ3) is 3.02. The highest BCUT2D eigenvalue weighted by atomic mass is 32.1. The average Bonchev–Trinajstić information content (AvgIpc) is 3.13. The summed E-state index contributed by atoms with van der Waals surface area (Å²) in [5.41, 5.74) is 9.16. The van der Waals surface area contributed by atoms with Crippen LogP contribution in [0.3, 0.4) is 0 Å². The zero-order valence-corrected chi connectivity index (χ0v) is 15.2. The molecule has 0 radical (unpaired) electrons. The van der Waals surface area contributed by atoms with Crippen molar-refractivity contribution in [1.82, 2.24) is 5.01 Å². The third-order valence-electron chi connectivity index (χ3n) is 4.70. The van der Waals surface area contributed by atoms with Crippen LogP contribution in [-0.4, -0.2) is 22.9 Å². The first-order chi connectivity index (χ1) is 12.7. The second kappa shape index (κ2) is 6.77. The lowest BCUT2D eigenvalue weighted by molar-refractivity contribution is 0.373. The fraction of sp³-hybridized carbons (Fsp3) is 0.143. The third-order valence-corrected chi connectivity index (χ3v) is 4.89. The minimum atomic E-state index is 0.0373. The predicted octanol–water partition coefficient (Wildman–Crippen LogP) is 4.24. The molecule has 0 saturated heterocycles. The van der Waals surface area contributed by atoms with E-state index in [1.807, 2.05) is 30.3 Å². The minimum Gasteiger partial charge on any atom is -0.497 e. The first kappa shape index (κ1) is 16.5. The summed E-state index contributed by atoms with van der Waals surface area (Å²) in [6.07, 6.45) is 0.767. The van der Waals surface area contributed by atoms with Crippen molar-refractivity contribution in [2.45, 2.75) is 12.5 Å². The highest BCUT2D eigenvalue weighted by Gasteiger charge is 2.30. The molecule has 4 nitrogen and oxygen atoms in total. The molecular weight excluding hydrogens is 342 g/mol. The van der Waals surface area contributed by atoms with Crippen LogP contribution in [-0.2, 0) is 0 Å². The lowest BCUT2D eigenvalue weighted by Crippen LogP contribution is -2.31. The molecule has 3 aromatic rings. The Bertz CT molecular complexity index is 1000. The van der Waals surface area contributed by atoms with Crippen LogP contribution in [0.25, 0.3) is 10.8 Å². The molecule has 0 aliphatic carbocycles. The Hall–Kier alpha value is -2.92. The number of benzene rings is 3. The molecule has 0 fully saturated rings. The number of hydrogen-bond donors (Lipinski definition) is 1. The molecule has 0 amide bonds. The summed E-state index contributed by atoms with van der Waals surface area (Å²) in [5.74, 6) is 0.854. The average molecular weight is 361 g/mol. The van der Waals surface area contributed by atoms with Crippen LogP contribution < -0.4 is 10.5 Å². The van der Waals surface area contributed by atoms with Gasteiger partial charge in [-0.1, -0.05) is 48.5 Å². The number of nitrogens with zero attached hydrogens (tertiary/aromatic N) is 2. The number of hydrazone groups is 1. The molecule has 2 N–H and O–H groups in total. The molecule has 0 saturated carbocycles. The van der Waals surface area contributed by atoms with Gasteiger partial charge >= 0.3 is 0 Å². The SMILES string of the molecule is COc1ccc2cc(C3=NN(C(N)=S)[C@@H](c4ccccc4)C3)ccc2c1. The van der Waals surface area contributed by atoms with Gasteiger partial charge in [-0.15, -0.1) is 0 Å². The number of thiocarbonyl (C=S) groups is 1. The van der Waals surface area contributed by atoms with Gasteiger partial charge in [-0.2, -0.15) is 5.10 Å². The van der Waals surface area contributed by atoms with Gasteiger partial charge in [0.05, 0.1) is 18.9 Å². The van der Waals surface area contributed by atoms with E-state index in [9.17, 15) is 0 Å². The van der Waals surface area contributed by atoms with Crippen molar-refractivity contribution in [3.05, 3.63) is 77.9 Å². The fourth-order valence-electron chi connectivity index (χ4n) is 3.35. The zero-order valence-electron chi connectivity index (χ0n) is 14.4. The van der Waals surface area contributed by atoms with Crippen LogP contribution in [0.2, 0.25) is 0 Å². The van der Waals surface area contributed by atoms with Crippen molar-refractivity contribution in [3.63, 3.8) is 0 Å². The predicted molar refractivity (Wildman–Crippen MR) is 109 cm³/mol. The molecular formula is C21H19N3OS. The number of fused-ring (bicyclic) bond motifs is 1. The Balaban J connectivity index is 1.70. The molecule has 1 aliphatic rings. The molecule has 0 bridgehead atoms. The molecule has 26 heavy (non-hydrogen) atoms. The smallest absolute Gasteiger partial charge is 0.187 e. The van der Waals surface area contributed by atoms with Gasteiger partial charge in [-0.3, -0.25) is 0 Å². The van der Waals surface area contributed by atoms with Crippen molar-refractivity contribution in [2.24, 2.45) is 10.8 Å². The molecule has 1 aliphatic heterocycles. The summed E-state index contributed by atoms with van der Waals surface area (Å²) in [4.78, 5) is 0. The van der Waals surface area contributed by atoms with Crippen molar-refractivity contribution in [3.8, 4) is 5.75 Å². The van der Waals surface area contributed by atoms with E-state index in [2.05, 4.69) is 36.4 Å². The van der Waals surface area contributed by atoms with Gasteiger partial charge in [-0.05, 0) is 52.3 Å². The lowest BCUT2D eigenvalue weighted by Gasteiger charge is -2.21. The quantitative estimate of drug-likeness (QED) is 0.709. The number of methoxy groups -OCH3 is 1. The minimum absolute atomic E-state index is 0.0373. The Morgan fingerprint density at radius 3 is 2.54 bits per heavy atom. The number of ether oxygens (including phenoxy) is 1. The van der Waals surface area contributed by atoms with Gasteiger partial charge in [-0.25, -0.2) is 5.01 Å². The first-order valence-corrected chi connectivity index (χ1v) is 8.86. The maximum absolute atomic E-state index is 5.92. The summed E-state index contributed by atoms with van der Waals surface area (Å²) in [5, 5.41) is 9.04. The van der Waals surface area contributed by atoms with E-state index in [0.717, 1.165) is 39.8 Å². The highest BCUT2D eigenvalue weighted by Crippen LogP contribution is 2.33. The second-order valence-electron chi connectivity index (χ2n) is 6.29. The van der Waals surface area contributed by atoms with E-state index in [1.165, 1.54) is 0 Å². The van der Waals surface area contributed by atoms with E-state index in [-0.39, 0.29) is 6.04 Å². The second-order valence-corrected chi connectivity index (χ2v) is 6.71. The summed E-state index contributed by atoms with van der Waals surface area (Å²) in [7, 11) is 1.68. The van der Waals surface area contributed by atoms with E-state index in [0.29, 0.717) is 5.11 Å². The fourth-order valence-corrected chi connectivity index (χ4v) is 3.52.